The molecule has 0 radical (unpaired) electrons. The monoisotopic (exact) mass is 668 g/mol. The number of halogens is 1. The predicted octanol–water partition coefficient (Wildman–Crippen LogP) is 5.01. The van der Waals surface area contributed by atoms with Gasteiger partial charge in [-0.2, -0.15) is 0 Å². The summed E-state index contributed by atoms with van der Waals surface area (Å²) < 4.78 is 16.3. The normalized spacial score (nSPS) is 21.3. The minimum Gasteiger partial charge on any atom is -0.493 e. The van der Waals surface area contributed by atoms with E-state index in [1.807, 2.05) is 47.1 Å². The molecule has 11 heteroatoms. The molecule has 2 unspecified atom stereocenters. The van der Waals surface area contributed by atoms with Crippen LogP contribution in [0.25, 0.3) is 0 Å². The number of fused-ring (bicyclic) bond motifs is 2. The molecule has 0 saturated carbocycles. The summed E-state index contributed by atoms with van der Waals surface area (Å²) in [5.74, 6) is 1.63. The molecule has 3 heterocycles. The third-order valence-electron chi connectivity index (χ3n) is 10.2. The van der Waals surface area contributed by atoms with Gasteiger partial charge in [0.25, 0.3) is 0 Å². The van der Waals surface area contributed by atoms with E-state index in [-0.39, 0.29) is 36.1 Å². The fraction of sp³-hybridized carbons (Fsp3) is 0.583. The summed E-state index contributed by atoms with van der Waals surface area (Å²) in [5.41, 5.74) is 2.61. The molecule has 2 aromatic carbocycles. The zero-order valence-corrected chi connectivity index (χ0v) is 29.1. The van der Waals surface area contributed by atoms with Gasteiger partial charge in [0.05, 0.1) is 27.8 Å². The van der Waals surface area contributed by atoms with Crippen LogP contribution in [0.15, 0.2) is 30.3 Å². The highest BCUT2D eigenvalue weighted by Gasteiger charge is 2.41. The average molecular weight is 669 g/mol. The Morgan fingerprint density at radius 1 is 0.936 bits per heavy atom. The minimum absolute atomic E-state index is 0.0165. The highest BCUT2D eigenvalue weighted by Crippen LogP contribution is 2.39. The topological polar surface area (TPSA) is 101 Å². The van der Waals surface area contributed by atoms with E-state index in [0.29, 0.717) is 66.8 Å². The molecule has 5 rings (SSSR count). The second-order valence-electron chi connectivity index (χ2n) is 13.1. The van der Waals surface area contributed by atoms with Crippen molar-refractivity contribution in [3.8, 4) is 17.2 Å². The van der Waals surface area contributed by atoms with Gasteiger partial charge in [-0.15, -0.1) is 0 Å². The van der Waals surface area contributed by atoms with Gasteiger partial charge < -0.3 is 29.3 Å². The number of likely N-dealkylation sites (tertiary alicyclic amines) is 1. The number of nitrogens with zero attached hydrogens (tertiary/aromatic N) is 3. The lowest BCUT2D eigenvalue weighted by molar-refractivity contribution is -0.133. The van der Waals surface area contributed by atoms with E-state index in [9.17, 15) is 14.4 Å². The number of benzene rings is 2. The standard InChI is InChI=1S/C36H49ClN4O6/c1-23-7-8-30(22-31(23)37)41(36(44)26-11-15-39(16-12-26)24(2)42)14-6-13-40-28-9-10-29(40)21-27(20-28)38-34(43)19-25-17-32(45-3)35(47-5)33(18-25)46-4/h7-8,17-18,22,26-29H,6,9-16,19-21H2,1-5H3,(H,38,43). The van der Waals surface area contributed by atoms with Gasteiger partial charge in [0.2, 0.25) is 23.5 Å². The quantitative estimate of drug-likeness (QED) is 0.340. The van der Waals surface area contributed by atoms with Crippen LogP contribution in [0.3, 0.4) is 0 Å². The first-order valence-corrected chi connectivity index (χ1v) is 17.2. The van der Waals surface area contributed by atoms with Gasteiger partial charge in [0.15, 0.2) is 11.5 Å². The summed E-state index contributed by atoms with van der Waals surface area (Å²) in [7, 11) is 4.70. The summed E-state index contributed by atoms with van der Waals surface area (Å²) in [4.78, 5) is 45.2. The maximum absolute atomic E-state index is 13.9. The van der Waals surface area contributed by atoms with Crippen LogP contribution in [-0.2, 0) is 20.8 Å². The molecule has 47 heavy (non-hydrogen) atoms. The van der Waals surface area contributed by atoms with Gasteiger partial charge in [-0.3, -0.25) is 19.3 Å². The summed E-state index contributed by atoms with van der Waals surface area (Å²) in [5, 5.41) is 3.94. The van der Waals surface area contributed by atoms with Crippen molar-refractivity contribution >= 4 is 35.0 Å². The maximum atomic E-state index is 13.9. The lowest BCUT2D eigenvalue weighted by Crippen LogP contribution is -2.51. The molecule has 2 bridgehead atoms. The number of aryl methyl sites for hydroxylation is 1. The van der Waals surface area contributed by atoms with Crippen LogP contribution < -0.4 is 24.4 Å². The minimum atomic E-state index is -0.110. The van der Waals surface area contributed by atoms with E-state index in [1.54, 1.807) is 28.3 Å². The number of carbonyl (C=O) groups excluding carboxylic acids is 3. The zero-order chi connectivity index (χ0) is 33.7. The first-order chi connectivity index (χ1) is 22.6. The van der Waals surface area contributed by atoms with Gasteiger partial charge in [-0.1, -0.05) is 17.7 Å². The molecular weight excluding hydrogens is 620 g/mol. The Hall–Kier alpha value is -3.50. The van der Waals surface area contributed by atoms with Crippen molar-refractivity contribution in [3.63, 3.8) is 0 Å². The number of ether oxygens (including phenoxy) is 3. The Labute approximate surface area is 283 Å². The fourth-order valence-corrected chi connectivity index (χ4v) is 7.82. The van der Waals surface area contributed by atoms with Gasteiger partial charge in [-0.25, -0.2) is 0 Å². The van der Waals surface area contributed by atoms with Gasteiger partial charge in [0, 0.05) is 67.9 Å². The summed E-state index contributed by atoms with van der Waals surface area (Å²) in [6.45, 7) is 6.29. The van der Waals surface area contributed by atoms with Crippen molar-refractivity contribution in [3.05, 3.63) is 46.5 Å². The number of hydrogen-bond acceptors (Lipinski definition) is 7. The highest BCUT2D eigenvalue weighted by molar-refractivity contribution is 6.31. The van der Waals surface area contributed by atoms with Crippen LogP contribution in [0, 0.1) is 12.8 Å². The zero-order valence-electron chi connectivity index (χ0n) is 28.4. The van der Waals surface area contributed by atoms with Crippen molar-refractivity contribution in [2.24, 2.45) is 5.92 Å². The Bertz CT molecular complexity index is 1410. The van der Waals surface area contributed by atoms with Gasteiger partial charge in [0.1, 0.15) is 0 Å². The second kappa shape index (κ2) is 15.6. The molecule has 2 aromatic rings. The molecule has 3 saturated heterocycles. The van der Waals surface area contributed by atoms with E-state index in [4.69, 9.17) is 25.8 Å². The number of nitrogens with one attached hydrogen (secondary N) is 1. The molecule has 2 atom stereocenters. The summed E-state index contributed by atoms with van der Waals surface area (Å²) in [6.07, 6.45) is 6.51. The molecule has 3 aliphatic heterocycles. The molecule has 0 aliphatic carbocycles. The molecule has 3 fully saturated rings. The molecule has 256 valence electrons. The summed E-state index contributed by atoms with van der Waals surface area (Å²) >= 11 is 6.50. The lowest BCUT2D eigenvalue weighted by atomic mass is 9.94. The van der Waals surface area contributed by atoms with E-state index in [2.05, 4.69) is 10.2 Å². The van der Waals surface area contributed by atoms with Crippen LogP contribution in [0.5, 0.6) is 17.2 Å². The molecule has 3 aliphatic rings. The molecule has 0 spiro atoms. The van der Waals surface area contributed by atoms with Crippen LogP contribution in [0.2, 0.25) is 5.02 Å². The van der Waals surface area contributed by atoms with Crippen LogP contribution in [0.1, 0.15) is 63.0 Å². The molecule has 10 nitrogen and oxygen atoms in total. The van der Waals surface area contributed by atoms with E-state index < -0.39 is 0 Å². The predicted molar refractivity (Wildman–Crippen MR) is 183 cm³/mol. The third-order valence-corrected chi connectivity index (χ3v) is 10.6. The van der Waals surface area contributed by atoms with Gasteiger partial charge >= 0.3 is 0 Å². The Balaban J connectivity index is 1.17. The molecular formula is C36H49ClN4O6. The highest BCUT2D eigenvalue weighted by atomic mass is 35.5. The largest absolute Gasteiger partial charge is 0.493 e. The third kappa shape index (κ3) is 8.15. The lowest BCUT2D eigenvalue weighted by Gasteiger charge is -2.40. The van der Waals surface area contributed by atoms with Crippen LogP contribution in [0.4, 0.5) is 5.69 Å². The van der Waals surface area contributed by atoms with E-state index in [1.165, 1.54) is 0 Å². The number of hydrogen-bond donors (Lipinski definition) is 1. The Kier molecular flexibility index (Phi) is 11.6. The smallest absolute Gasteiger partial charge is 0.230 e. The molecule has 0 aromatic heterocycles. The number of piperidine rings is 2. The molecule has 1 N–H and O–H groups in total. The number of carbonyl (C=O) groups is 3. The van der Waals surface area contributed by atoms with Gasteiger partial charge in [-0.05, 0) is 87.3 Å². The average Bonchev–Trinajstić information content (AvgIpc) is 3.30. The van der Waals surface area contributed by atoms with Crippen molar-refractivity contribution in [1.82, 2.24) is 15.1 Å². The fourth-order valence-electron chi connectivity index (χ4n) is 7.65. The van der Waals surface area contributed by atoms with Crippen molar-refractivity contribution in [2.75, 3.05) is 52.4 Å². The number of methoxy groups -OCH3 is 3. The first-order valence-electron chi connectivity index (χ1n) is 16.8. The van der Waals surface area contributed by atoms with Crippen molar-refractivity contribution in [2.45, 2.75) is 83.3 Å². The van der Waals surface area contributed by atoms with Crippen LogP contribution in [-0.4, -0.2) is 93.2 Å². The first kappa shape index (κ1) is 34.8. The maximum Gasteiger partial charge on any atom is 0.230 e. The number of amides is 3. The summed E-state index contributed by atoms with van der Waals surface area (Å²) in [6, 6.07) is 10.4. The number of rotatable bonds is 12. The van der Waals surface area contributed by atoms with E-state index in [0.717, 1.165) is 55.5 Å². The SMILES string of the molecule is COc1cc(CC(=O)NC2CC3CCC(C2)N3CCCN(C(=O)C2CCN(C(C)=O)CC2)c2ccc(C)c(Cl)c2)cc(OC)c1OC. The Morgan fingerprint density at radius 2 is 1.57 bits per heavy atom. The van der Waals surface area contributed by atoms with Crippen molar-refractivity contribution in [1.29, 1.82) is 0 Å². The van der Waals surface area contributed by atoms with E-state index >= 15 is 0 Å². The van der Waals surface area contributed by atoms with Crippen molar-refractivity contribution < 1.29 is 28.6 Å². The molecule has 3 amide bonds. The Morgan fingerprint density at radius 3 is 2.13 bits per heavy atom. The van der Waals surface area contributed by atoms with Crippen LogP contribution >= 0.6 is 11.6 Å². The second-order valence-corrected chi connectivity index (χ2v) is 13.5. The number of anilines is 1.